The van der Waals surface area contributed by atoms with Crippen molar-refractivity contribution in [2.75, 3.05) is 31.1 Å². The second-order valence-electron chi connectivity index (χ2n) is 7.39. The number of halogens is 1. The van der Waals surface area contributed by atoms with E-state index in [1.165, 1.54) is 5.56 Å². The number of aryl methyl sites for hydroxylation is 2. The molecule has 1 amide bonds. The molecule has 27 heavy (non-hydrogen) atoms. The molecule has 2 heterocycles. The summed E-state index contributed by atoms with van der Waals surface area (Å²) in [5.74, 6) is 2.30. The van der Waals surface area contributed by atoms with Crippen LogP contribution in [0.5, 0.6) is 0 Å². The average molecular weight is 431 g/mol. The Morgan fingerprint density at radius 3 is 2.59 bits per heavy atom. The van der Waals surface area contributed by atoms with Crippen LogP contribution in [0.1, 0.15) is 53.6 Å². The quantitative estimate of drug-likeness (QED) is 0.726. The van der Waals surface area contributed by atoms with E-state index in [9.17, 15) is 4.79 Å². The number of aromatic nitrogens is 2. The third-order valence-corrected chi connectivity index (χ3v) is 5.45. The first kappa shape index (κ1) is 19.8. The zero-order valence-corrected chi connectivity index (χ0v) is 18.1. The van der Waals surface area contributed by atoms with Gasteiger partial charge in [0.15, 0.2) is 0 Å². The minimum absolute atomic E-state index is 0.0947. The van der Waals surface area contributed by atoms with Crippen LogP contribution in [0.15, 0.2) is 28.7 Å². The predicted octanol–water partition coefficient (Wildman–Crippen LogP) is 4.33. The number of carbonyl (C=O) groups is 1. The van der Waals surface area contributed by atoms with Gasteiger partial charge in [0.1, 0.15) is 11.6 Å². The molecular weight excluding hydrogens is 404 g/mol. The monoisotopic (exact) mass is 430 g/mol. The summed E-state index contributed by atoms with van der Waals surface area (Å²) in [7, 11) is 0. The Morgan fingerprint density at radius 2 is 1.89 bits per heavy atom. The molecule has 1 aliphatic rings. The fraction of sp³-hybridized carbons (Fsp3) is 0.476. The van der Waals surface area contributed by atoms with E-state index < -0.39 is 0 Å². The lowest BCUT2D eigenvalue weighted by atomic mass is 10.0. The largest absolute Gasteiger partial charge is 0.354 e. The maximum atomic E-state index is 12.9. The Balaban J connectivity index is 1.80. The molecule has 0 radical (unpaired) electrons. The molecule has 1 aromatic heterocycles. The molecule has 0 spiro atoms. The summed E-state index contributed by atoms with van der Waals surface area (Å²) >= 11 is 3.45. The minimum atomic E-state index is 0.0947. The van der Waals surface area contributed by atoms with E-state index in [1.807, 2.05) is 36.1 Å². The fourth-order valence-corrected chi connectivity index (χ4v) is 4.16. The van der Waals surface area contributed by atoms with Crippen molar-refractivity contribution in [3.8, 4) is 0 Å². The highest BCUT2D eigenvalue weighted by molar-refractivity contribution is 9.10. The highest BCUT2D eigenvalue weighted by Crippen LogP contribution is 2.29. The van der Waals surface area contributed by atoms with Crippen molar-refractivity contribution >= 4 is 27.7 Å². The number of hydrogen-bond donors (Lipinski definition) is 0. The smallest absolute Gasteiger partial charge is 0.253 e. The molecule has 0 unspecified atom stereocenters. The van der Waals surface area contributed by atoms with Crippen molar-refractivity contribution < 1.29 is 4.79 Å². The van der Waals surface area contributed by atoms with Gasteiger partial charge in [0.05, 0.1) is 0 Å². The van der Waals surface area contributed by atoms with Gasteiger partial charge in [-0.3, -0.25) is 4.79 Å². The van der Waals surface area contributed by atoms with Crippen molar-refractivity contribution in [3.63, 3.8) is 0 Å². The second-order valence-corrected chi connectivity index (χ2v) is 8.31. The normalized spacial score (nSPS) is 15.2. The molecule has 0 saturated carbocycles. The van der Waals surface area contributed by atoms with Gasteiger partial charge >= 0.3 is 0 Å². The van der Waals surface area contributed by atoms with Crippen LogP contribution in [0.3, 0.4) is 0 Å². The number of hydrogen-bond acceptors (Lipinski definition) is 4. The van der Waals surface area contributed by atoms with Gasteiger partial charge in [-0.1, -0.05) is 35.8 Å². The zero-order chi connectivity index (χ0) is 19.6. The predicted molar refractivity (Wildman–Crippen MR) is 112 cm³/mol. The first-order valence-electron chi connectivity index (χ1n) is 9.51. The molecule has 0 N–H and O–H groups in total. The fourth-order valence-electron chi connectivity index (χ4n) is 3.76. The molecule has 0 atom stereocenters. The van der Waals surface area contributed by atoms with Crippen LogP contribution in [0, 0.1) is 13.8 Å². The van der Waals surface area contributed by atoms with Gasteiger partial charge in [-0.25, -0.2) is 9.97 Å². The third-order valence-electron chi connectivity index (χ3n) is 4.96. The van der Waals surface area contributed by atoms with Gasteiger partial charge in [0.25, 0.3) is 5.91 Å². The summed E-state index contributed by atoms with van der Waals surface area (Å²) in [6.07, 6.45) is 0.930. The van der Waals surface area contributed by atoms with Crippen LogP contribution in [0.4, 0.5) is 5.82 Å². The summed E-state index contributed by atoms with van der Waals surface area (Å²) in [5.41, 5.74) is 3.00. The van der Waals surface area contributed by atoms with E-state index in [1.54, 1.807) is 0 Å². The SMILES string of the molecule is Cc1nc(C)c(C(C)C)c(N2CCCN(C(=O)c3cccc(Br)c3)CC2)n1. The first-order valence-corrected chi connectivity index (χ1v) is 10.3. The van der Waals surface area contributed by atoms with E-state index in [2.05, 4.69) is 46.6 Å². The van der Waals surface area contributed by atoms with Crippen molar-refractivity contribution in [1.29, 1.82) is 0 Å². The van der Waals surface area contributed by atoms with Crippen LogP contribution in [0.25, 0.3) is 0 Å². The number of benzene rings is 1. The van der Waals surface area contributed by atoms with E-state index in [0.717, 1.165) is 53.4 Å². The lowest BCUT2D eigenvalue weighted by Gasteiger charge is -2.27. The molecule has 1 saturated heterocycles. The summed E-state index contributed by atoms with van der Waals surface area (Å²) in [6, 6.07) is 7.61. The van der Waals surface area contributed by atoms with Crippen LogP contribution in [0.2, 0.25) is 0 Å². The van der Waals surface area contributed by atoms with Crippen molar-refractivity contribution in [1.82, 2.24) is 14.9 Å². The Hall–Kier alpha value is -1.95. The number of rotatable bonds is 3. The standard InChI is InChI=1S/C21H27BrN4O/c1-14(2)19-15(3)23-16(4)24-20(19)25-9-6-10-26(12-11-25)21(27)17-7-5-8-18(22)13-17/h5,7-8,13-14H,6,9-12H2,1-4H3. The number of amides is 1. The molecule has 6 heteroatoms. The topological polar surface area (TPSA) is 49.3 Å². The molecule has 1 aliphatic heterocycles. The molecular formula is C21H27BrN4O. The average Bonchev–Trinajstić information content (AvgIpc) is 2.86. The third kappa shape index (κ3) is 4.49. The Kier molecular flexibility index (Phi) is 6.15. The Morgan fingerprint density at radius 1 is 1.11 bits per heavy atom. The summed E-state index contributed by atoms with van der Waals surface area (Å²) < 4.78 is 0.929. The van der Waals surface area contributed by atoms with Crippen LogP contribution in [-0.2, 0) is 0 Å². The lowest BCUT2D eigenvalue weighted by Crippen LogP contribution is -2.35. The minimum Gasteiger partial charge on any atom is -0.354 e. The highest BCUT2D eigenvalue weighted by Gasteiger charge is 2.24. The van der Waals surface area contributed by atoms with Crippen molar-refractivity contribution in [2.24, 2.45) is 0 Å². The molecule has 5 nitrogen and oxygen atoms in total. The van der Waals surface area contributed by atoms with Gasteiger partial charge in [-0.05, 0) is 44.4 Å². The van der Waals surface area contributed by atoms with E-state index >= 15 is 0 Å². The lowest BCUT2D eigenvalue weighted by molar-refractivity contribution is 0.0767. The summed E-state index contributed by atoms with van der Waals surface area (Å²) in [4.78, 5) is 26.5. The van der Waals surface area contributed by atoms with Crippen molar-refractivity contribution in [3.05, 3.63) is 51.4 Å². The van der Waals surface area contributed by atoms with Crippen LogP contribution in [-0.4, -0.2) is 47.0 Å². The Bertz CT molecular complexity index is 837. The number of anilines is 1. The molecule has 144 valence electrons. The summed E-state index contributed by atoms with van der Waals surface area (Å²) in [5, 5.41) is 0. The van der Waals surface area contributed by atoms with Gasteiger partial charge < -0.3 is 9.80 Å². The first-order chi connectivity index (χ1) is 12.9. The molecule has 1 aromatic carbocycles. The maximum Gasteiger partial charge on any atom is 0.253 e. The zero-order valence-electron chi connectivity index (χ0n) is 16.5. The maximum absolute atomic E-state index is 12.9. The van der Waals surface area contributed by atoms with E-state index in [0.29, 0.717) is 12.5 Å². The summed E-state index contributed by atoms with van der Waals surface area (Å²) in [6.45, 7) is 11.5. The second kappa shape index (κ2) is 8.38. The van der Waals surface area contributed by atoms with E-state index in [-0.39, 0.29) is 5.91 Å². The molecule has 2 aromatic rings. The molecule has 3 rings (SSSR count). The highest BCUT2D eigenvalue weighted by atomic mass is 79.9. The molecule has 1 fully saturated rings. The van der Waals surface area contributed by atoms with Crippen LogP contribution >= 0.6 is 15.9 Å². The van der Waals surface area contributed by atoms with Gasteiger partial charge in [0, 0.05) is 47.5 Å². The van der Waals surface area contributed by atoms with Crippen molar-refractivity contribution in [2.45, 2.75) is 40.0 Å². The Labute approximate surface area is 169 Å². The van der Waals surface area contributed by atoms with Gasteiger partial charge in [0.2, 0.25) is 0 Å². The molecule has 0 bridgehead atoms. The number of nitrogens with zero attached hydrogens (tertiary/aromatic N) is 4. The number of carbonyl (C=O) groups excluding carboxylic acids is 1. The molecule has 0 aliphatic carbocycles. The van der Waals surface area contributed by atoms with Gasteiger partial charge in [-0.15, -0.1) is 0 Å². The van der Waals surface area contributed by atoms with E-state index in [4.69, 9.17) is 4.98 Å². The van der Waals surface area contributed by atoms with Crippen LogP contribution < -0.4 is 4.90 Å². The van der Waals surface area contributed by atoms with Gasteiger partial charge in [-0.2, -0.15) is 0 Å².